The second-order valence-electron chi connectivity index (χ2n) is 8.41. The van der Waals surface area contributed by atoms with Gasteiger partial charge in [0.15, 0.2) is 0 Å². The van der Waals surface area contributed by atoms with Crippen LogP contribution in [0.1, 0.15) is 55.0 Å². The number of nitrogens with one attached hydrogen (secondary N) is 1. The Labute approximate surface area is 173 Å². The Hall–Kier alpha value is -2.40. The maximum absolute atomic E-state index is 11.7. The minimum Gasteiger partial charge on any atom is -0.480 e. The molecule has 0 amide bonds. The minimum atomic E-state index is -0.748. The zero-order valence-corrected chi connectivity index (χ0v) is 17.0. The van der Waals surface area contributed by atoms with E-state index in [1.807, 2.05) is 30.3 Å². The molecule has 0 bridgehead atoms. The Kier molecular flexibility index (Phi) is 6.45. The lowest BCUT2D eigenvalue weighted by atomic mass is 9.90. The largest absolute Gasteiger partial charge is 0.480 e. The Balaban J connectivity index is 1.15. The lowest BCUT2D eigenvalue weighted by Gasteiger charge is -2.43. The summed E-state index contributed by atoms with van der Waals surface area (Å²) in [6, 6.07) is 13.5. The Bertz CT molecular complexity index is 818. The van der Waals surface area contributed by atoms with Crippen LogP contribution in [0.3, 0.4) is 0 Å². The molecule has 5 heteroatoms. The standard InChI is InChI=1S/C24H31N3O2/c28-24(29)22(19-9-4-2-5-10-19)27-16-18(17-27)8-3-1-6-12-21-14-13-20-11-7-15-25-23(20)26-21/h2,4-5,9-10,13-14,18,22H,1,3,6-8,11-12,15-17H2,(H,25,26)(H,28,29). The van der Waals surface area contributed by atoms with Gasteiger partial charge in [0.2, 0.25) is 0 Å². The van der Waals surface area contributed by atoms with Gasteiger partial charge in [0.25, 0.3) is 0 Å². The fraction of sp³-hybridized carbons (Fsp3) is 0.500. The zero-order chi connectivity index (χ0) is 20.1. The monoisotopic (exact) mass is 393 g/mol. The van der Waals surface area contributed by atoms with E-state index in [0.717, 1.165) is 43.9 Å². The average molecular weight is 394 g/mol. The SMILES string of the molecule is O=C(O)C(c1ccccc1)N1CC(CCCCCc2ccc3c(n2)NCCC3)C1. The van der Waals surface area contributed by atoms with E-state index in [-0.39, 0.29) is 0 Å². The van der Waals surface area contributed by atoms with Gasteiger partial charge in [-0.15, -0.1) is 0 Å². The van der Waals surface area contributed by atoms with Gasteiger partial charge in [0.1, 0.15) is 11.9 Å². The van der Waals surface area contributed by atoms with Crippen LogP contribution in [0.5, 0.6) is 0 Å². The molecule has 3 heterocycles. The molecule has 0 saturated carbocycles. The number of aliphatic carboxylic acids is 1. The van der Waals surface area contributed by atoms with Crippen LogP contribution in [0.2, 0.25) is 0 Å². The molecule has 2 aliphatic heterocycles. The van der Waals surface area contributed by atoms with Gasteiger partial charge in [0.05, 0.1) is 0 Å². The minimum absolute atomic E-state index is 0.504. The van der Waals surface area contributed by atoms with Crippen molar-refractivity contribution in [2.75, 3.05) is 25.0 Å². The number of anilines is 1. The van der Waals surface area contributed by atoms with Crippen molar-refractivity contribution in [1.29, 1.82) is 0 Å². The molecule has 5 nitrogen and oxygen atoms in total. The van der Waals surface area contributed by atoms with E-state index in [2.05, 4.69) is 22.3 Å². The molecule has 29 heavy (non-hydrogen) atoms. The summed E-state index contributed by atoms with van der Waals surface area (Å²) >= 11 is 0. The quantitative estimate of drug-likeness (QED) is 0.622. The van der Waals surface area contributed by atoms with E-state index in [4.69, 9.17) is 4.98 Å². The number of carboxylic acid groups (broad SMARTS) is 1. The van der Waals surface area contributed by atoms with Crippen molar-refractivity contribution < 1.29 is 9.90 Å². The summed E-state index contributed by atoms with van der Waals surface area (Å²) in [5.41, 5.74) is 3.43. The first-order valence-corrected chi connectivity index (χ1v) is 10.9. The van der Waals surface area contributed by atoms with Crippen LogP contribution in [0.25, 0.3) is 0 Å². The van der Waals surface area contributed by atoms with Crippen molar-refractivity contribution in [2.24, 2.45) is 5.92 Å². The van der Waals surface area contributed by atoms with Crippen LogP contribution in [-0.2, 0) is 17.6 Å². The maximum Gasteiger partial charge on any atom is 0.325 e. The fourth-order valence-corrected chi connectivity index (χ4v) is 4.57. The molecule has 1 saturated heterocycles. The van der Waals surface area contributed by atoms with Crippen molar-refractivity contribution in [3.05, 3.63) is 59.3 Å². The van der Waals surface area contributed by atoms with E-state index in [1.54, 1.807) is 0 Å². The van der Waals surface area contributed by atoms with Crippen LogP contribution in [-0.4, -0.2) is 40.6 Å². The highest BCUT2D eigenvalue weighted by atomic mass is 16.4. The molecule has 1 fully saturated rings. The molecular formula is C24H31N3O2. The maximum atomic E-state index is 11.7. The molecule has 154 valence electrons. The Morgan fingerprint density at radius 3 is 2.76 bits per heavy atom. The number of unbranched alkanes of at least 4 members (excludes halogenated alkanes) is 2. The summed E-state index contributed by atoms with van der Waals surface area (Å²) in [4.78, 5) is 18.6. The van der Waals surface area contributed by atoms with Gasteiger partial charge < -0.3 is 10.4 Å². The van der Waals surface area contributed by atoms with Crippen molar-refractivity contribution in [3.63, 3.8) is 0 Å². The van der Waals surface area contributed by atoms with Crippen molar-refractivity contribution in [3.8, 4) is 0 Å². The molecule has 1 atom stereocenters. The van der Waals surface area contributed by atoms with Gasteiger partial charge in [-0.1, -0.05) is 49.2 Å². The number of nitrogens with zero attached hydrogens (tertiary/aromatic N) is 2. The first kappa shape index (κ1) is 19.9. The number of aromatic nitrogens is 1. The molecule has 1 unspecified atom stereocenters. The van der Waals surface area contributed by atoms with Crippen molar-refractivity contribution in [2.45, 2.75) is 51.0 Å². The molecule has 0 spiro atoms. The van der Waals surface area contributed by atoms with Crippen LogP contribution < -0.4 is 5.32 Å². The van der Waals surface area contributed by atoms with E-state index >= 15 is 0 Å². The molecule has 2 aromatic rings. The molecule has 1 aromatic carbocycles. The van der Waals surface area contributed by atoms with Gasteiger partial charge in [-0.3, -0.25) is 9.69 Å². The van der Waals surface area contributed by atoms with E-state index < -0.39 is 12.0 Å². The molecule has 0 aliphatic carbocycles. The van der Waals surface area contributed by atoms with Crippen molar-refractivity contribution in [1.82, 2.24) is 9.88 Å². The lowest BCUT2D eigenvalue weighted by molar-refractivity contribution is -0.146. The van der Waals surface area contributed by atoms with Crippen LogP contribution in [0.15, 0.2) is 42.5 Å². The fourth-order valence-electron chi connectivity index (χ4n) is 4.57. The number of carboxylic acids is 1. The third-order valence-corrected chi connectivity index (χ3v) is 6.20. The number of aryl methyl sites for hydroxylation is 2. The topological polar surface area (TPSA) is 65.5 Å². The van der Waals surface area contributed by atoms with Crippen LogP contribution in [0, 0.1) is 5.92 Å². The molecule has 0 radical (unpaired) electrons. The first-order chi connectivity index (χ1) is 14.2. The second kappa shape index (κ2) is 9.40. The highest BCUT2D eigenvalue weighted by molar-refractivity contribution is 5.75. The number of rotatable bonds is 9. The lowest BCUT2D eigenvalue weighted by Crippen LogP contribution is -2.50. The number of fused-ring (bicyclic) bond motifs is 1. The van der Waals surface area contributed by atoms with Gasteiger partial charge in [0, 0.05) is 25.3 Å². The predicted molar refractivity (Wildman–Crippen MR) is 115 cm³/mol. The number of hydrogen-bond acceptors (Lipinski definition) is 4. The van der Waals surface area contributed by atoms with Crippen molar-refractivity contribution >= 4 is 11.8 Å². The predicted octanol–water partition coefficient (Wildman–Crippen LogP) is 4.30. The van der Waals surface area contributed by atoms with Crippen LogP contribution in [0.4, 0.5) is 5.82 Å². The first-order valence-electron chi connectivity index (χ1n) is 10.9. The number of hydrogen-bond donors (Lipinski definition) is 2. The van der Waals surface area contributed by atoms with Crippen LogP contribution >= 0.6 is 0 Å². The summed E-state index contributed by atoms with van der Waals surface area (Å²) in [6.45, 7) is 2.82. The summed E-state index contributed by atoms with van der Waals surface area (Å²) in [6.07, 6.45) is 8.17. The number of pyridine rings is 1. The molecule has 2 N–H and O–H groups in total. The van der Waals surface area contributed by atoms with Gasteiger partial charge in [-0.25, -0.2) is 4.98 Å². The number of carbonyl (C=O) groups is 1. The Morgan fingerprint density at radius 1 is 1.14 bits per heavy atom. The summed E-state index contributed by atoms with van der Waals surface area (Å²) in [5.74, 6) is 0.975. The third-order valence-electron chi connectivity index (χ3n) is 6.20. The van der Waals surface area contributed by atoms with E-state index in [0.29, 0.717) is 5.92 Å². The smallest absolute Gasteiger partial charge is 0.325 e. The summed E-state index contributed by atoms with van der Waals surface area (Å²) < 4.78 is 0. The number of likely N-dealkylation sites (tertiary alicyclic amines) is 1. The Morgan fingerprint density at radius 2 is 1.97 bits per heavy atom. The molecule has 1 aromatic heterocycles. The number of benzene rings is 1. The summed E-state index contributed by atoms with van der Waals surface area (Å²) in [5, 5.41) is 13.0. The van der Waals surface area contributed by atoms with Gasteiger partial charge in [-0.05, 0) is 55.2 Å². The highest BCUT2D eigenvalue weighted by Gasteiger charge is 2.36. The normalized spacial score (nSPS) is 17.8. The van der Waals surface area contributed by atoms with E-state index in [9.17, 15) is 9.90 Å². The molecular weight excluding hydrogens is 362 g/mol. The van der Waals surface area contributed by atoms with Gasteiger partial charge >= 0.3 is 5.97 Å². The highest BCUT2D eigenvalue weighted by Crippen LogP contribution is 2.31. The summed E-state index contributed by atoms with van der Waals surface area (Å²) in [7, 11) is 0. The molecule has 4 rings (SSSR count). The second-order valence-corrected chi connectivity index (χ2v) is 8.41. The third kappa shape index (κ3) is 4.96. The van der Waals surface area contributed by atoms with Gasteiger partial charge in [-0.2, -0.15) is 0 Å². The zero-order valence-electron chi connectivity index (χ0n) is 17.0. The average Bonchev–Trinajstić information content (AvgIpc) is 2.71. The van der Waals surface area contributed by atoms with E-state index in [1.165, 1.54) is 43.4 Å². The molecule has 2 aliphatic rings.